The predicted octanol–water partition coefficient (Wildman–Crippen LogP) is 3.57. The molecule has 0 aromatic rings. The molecule has 0 aliphatic carbocycles. The van der Waals surface area contributed by atoms with Crippen molar-refractivity contribution in [2.24, 2.45) is 5.73 Å². The van der Waals surface area contributed by atoms with Crippen LogP contribution in [0.1, 0.15) is 12.8 Å². The topological polar surface area (TPSA) is 73.3 Å². The minimum Gasteiger partial charge on any atom is -0.396 e. The predicted molar refractivity (Wildman–Crippen MR) is 118 cm³/mol. The quantitative estimate of drug-likeness (QED) is 0.246. The molecule has 0 radical (unpaired) electrons. The lowest BCUT2D eigenvalue weighted by molar-refractivity contribution is 0.281. The van der Waals surface area contributed by atoms with Gasteiger partial charge in [-0.25, -0.2) is 0 Å². The molecule has 0 rings (SSSR count). The van der Waals surface area contributed by atoms with Crippen molar-refractivity contribution in [1.82, 2.24) is 4.57 Å². The lowest BCUT2D eigenvalue weighted by Gasteiger charge is -2.62. The Morgan fingerprint density at radius 2 is 1.22 bits per heavy atom. The third-order valence-corrected chi connectivity index (χ3v) is 75.0. The molecule has 0 amide bonds. The molecule has 0 saturated heterocycles. The first kappa shape index (κ1) is 25.6. The second kappa shape index (κ2) is 8.66. The van der Waals surface area contributed by atoms with Crippen molar-refractivity contribution < 1.29 is 5.11 Å². The van der Waals surface area contributed by atoms with Crippen LogP contribution in [0, 0.1) is 5.41 Å². The average Bonchev–Trinajstić information content (AvgIpc) is 2.21. The number of hydrogen-bond acceptors (Lipinski definition) is 2. The van der Waals surface area contributed by atoms with Gasteiger partial charge in [0, 0.05) is 13.2 Å². The second-order valence-corrected chi connectivity index (χ2v) is 49.4. The Morgan fingerprint density at radius 1 is 0.870 bits per heavy atom. The van der Waals surface area contributed by atoms with E-state index in [4.69, 9.17) is 16.2 Å². The standard InChI is InChI=1S/C14H39N3OSi4.ClH/c1-19(2,3)22(20(4,5)6,21(7,8)9)17(14(15)16)12-10-11-13-18;/h18H,10-13H2,1-9H3,(H3,15,16);1H. The van der Waals surface area contributed by atoms with Crippen LogP contribution in [0.25, 0.3) is 0 Å². The van der Waals surface area contributed by atoms with Crippen LogP contribution in [0.2, 0.25) is 58.9 Å². The van der Waals surface area contributed by atoms with Gasteiger partial charge in [-0.2, -0.15) is 0 Å². The van der Waals surface area contributed by atoms with E-state index in [1.54, 1.807) is 0 Å². The molecule has 0 saturated carbocycles. The van der Waals surface area contributed by atoms with Gasteiger partial charge < -0.3 is 15.4 Å². The lowest BCUT2D eigenvalue weighted by Crippen LogP contribution is -2.91. The normalized spacial score (nSPS) is 13.5. The molecule has 140 valence electrons. The number of halogens is 1. The fourth-order valence-corrected chi connectivity index (χ4v) is 106. The van der Waals surface area contributed by atoms with Crippen molar-refractivity contribution in [2.75, 3.05) is 13.2 Å². The third kappa shape index (κ3) is 5.18. The molecule has 0 aliphatic rings. The van der Waals surface area contributed by atoms with E-state index in [-0.39, 0.29) is 25.0 Å². The molecule has 0 bridgehead atoms. The van der Waals surface area contributed by atoms with Gasteiger partial charge in [0.2, 0.25) is 0 Å². The van der Waals surface area contributed by atoms with Crippen molar-refractivity contribution in [3.8, 4) is 0 Å². The van der Waals surface area contributed by atoms with E-state index >= 15 is 0 Å². The molecule has 4 N–H and O–H groups in total. The summed E-state index contributed by atoms with van der Waals surface area (Å²) >= 11 is 0. The Balaban J connectivity index is 0. The summed E-state index contributed by atoms with van der Waals surface area (Å²) in [5.74, 6) is 0.289. The molecule has 0 aromatic carbocycles. The number of guanidine groups is 1. The lowest BCUT2D eigenvalue weighted by atomic mass is 10.3. The highest BCUT2D eigenvalue weighted by molar-refractivity contribution is 7.88. The summed E-state index contributed by atoms with van der Waals surface area (Å²) in [5, 5.41) is 17.5. The smallest absolute Gasteiger partial charge is 0.179 e. The molecule has 0 unspecified atom stereocenters. The van der Waals surface area contributed by atoms with E-state index in [0.717, 1.165) is 19.4 Å². The van der Waals surface area contributed by atoms with Gasteiger partial charge in [-0.15, -0.1) is 12.4 Å². The molecule has 0 aliphatic heterocycles. The van der Waals surface area contributed by atoms with Gasteiger partial charge >= 0.3 is 0 Å². The highest BCUT2D eigenvalue weighted by Crippen LogP contribution is 2.39. The first-order valence-corrected chi connectivity index (χ1v) is 23.8. The van der Waals surface area contributed by atoms with Gasteiger partial charge in [0.15, 0.2) is 5.96 Å². The first-order valence-electron chi connectivity index (χ1n) is 8.37. The van der Waals surface area contributed by atoms with E-state index in [1.165, 1.54) is 0 Å². The van der Waals surface area contributed by atoms with Crippen LogP contribution in [0.3, 0.4) is 0 Å². The summed E-state index contributed by atoms with van der Waals surface area (Å²) in [5.41, 5.74) is 6.14. The summed E-state index contributed by atoms with van der Waals surface area (Å²) in [4.78, 5) is 0. The monoisotopic (exact) mass is 413 g/mol. The molecule has 0 spiro atoms. The van der Waals surface area contributed by atoms with Gasteiger partial charge in [0.05, 0.1) is 22.8 Å². The number of unbranched alkanes of at least 4 members (excludes halogenated alkanes) is 1. The minimum atomic E-state index is -1.82. The Hall–Kier alpha value is 0.388. The second-order valence-electron chi connectivity index (χ2n) is 9.43. The van der Waals surface area contributed by atoms with Gasteiger partial charge in [-0.1, -0.05) is 58.9 Å². The number of nitrogens with one attached hydrogen (secondary N) is 1. The first-order chi connectivity index (χ1) is 9.64. The fourth-order valence-electron chi connectivity index (χ4n) is 5.44. The van der Waals surface area contributed by atoms with Crippen LogP contribution in [0.4, 0.5) is 0 Å². The van der Waals surface area contributed by atoms with Crippen LogP contribution >= 0.6 is 12.4 Å². The van der Waals surface area contributed by atoms with Crippen LogP contribution in [0.5, 0.6) is 0 Å². The van der Waals surface area contributed by atoms with Crippen LogP contribution in [-0.2, 0) is 0 Å². The average molecular weight is 414 g/mol. The van der Waals surface area contributed by atoms with Crippen LogP contribution in [0.15, 0.2) is 0 Å². The van der Waals surface area contributed by atoms with Crippen molar-refractivity contribution >= 4 is 47.9 Å². The fraction of sp³-hybridized carbons (Fsp3) is 0.929. The largest absolute Gasteiger partial charge is 0.396 e. The maximum Gasteiger partial charge on any atom is 0.179 e. The zero-order valence-electron chi connectivity index (χ0n) is 16.7. The number of aliphatic hydroxyl groups is 1. The summed E-state index contributed by atoms with van der Waals surface area (Å²) in [6.07, 6.45) is 1.74. The highest BCUT2D eigenvalue weighted by Gasteiger charge is 2.65. The summed E-state index contributed by atoms with van der Waals surface area (Å²) in [6.45, 7) is 21.9. The van der Waals surface area contributed by atoms with Crippen LogP contribution < -0.4 is 5.73 Å². The number of rotatable bonds is 8. The minimum absolute atomic E-state index is 0. The van der Waals surface area contributed by atoms with Gasteiger partial charge in [-0.3, -0.25) is 5.41 Å². The maximum atomic E-state index is 9.13. The summed E-state index contributed by atoms with van der Waals surface area (Å²) < 4.78 is 2.41. The van der Waals surface area contributed by atoms with Crippen molar-refractivity contribution in [3.63, 3.8) is 0 Å². The SMILES string of the molecule is C[Si](C)(C)[Si](N(CCCCO)C(=N)N)([Si](C)(C)C)[Si](C)(C)C.Cl. The highest BCUT2D eigenvalue weighted by atomic mass is 35.5. The van der Waals surface area contributed by atoms with Crippen molar-refractivity contribution in [1.29, 1.82) is 5.41 Å². The molecule has 0 atom stereocenters. The van der Waals surface area contributed by atoms with Crippen molar-refractivity contribution in [3.05, 3.63) is 0 Å². The molecule has 0 aromatic heterocycles. The van der Waals surface area contributed by atoms with Gasteiger partial charge in [0.1, 0.15) is 6.79 Å². The Labute approximate surface area is 153 Å². The molecule has 9 heteroatoms. The zero-order chi connectivity index (χ0) is 18.0. The Bertz CT molecular complexity index is 353. The number of hydrogen-bond donors (Lipinski definition) is 3. The molecule has 0 fully saturated rings. The van der Waals surface area contributed by atoms with E-state index in [0.29, 0.717) is 0 Å². The van der Waals surface area contributed by atoms with Gasteiger partial charge in [-0.05, 0) is 12.8 Å². The van der Waals surface area contributed by atoms with E-state index in [1.807, 2.05) is 0 Å². The maximum absolute atomic E-state index is 9.13. The Kier molecular flexibility index (Phi) is 9.65. The summed E-state index contributed by atoms with van der Waals surface area (Å²) in [7, 11) is -4.47. The Morgan fingerprint density at radius 3 is 1.43 bits per heavy atom. The third-order valence-electron chi connectivity index (χ3n) is 4.74. The van der Waals surface area contributed by atoms with Crippen molar-refractivity contribution in [2.45, 2.75) is 71.8 Å². The number of nitrogens with two attached hydrogens (primary N) is 1. The molecular weight excluding hydrogens is 374 g/mol. The van der Waals surface area contributed by atoms with Crippen LogP contribution in [-0.4, -0.2) is 58.3 Å². The zero-order valence-corrected chi connectivity index (χ0v) is 21.5. The molecular formula is C14H40ClN3OSi4. The molecule has 23 heavy (non-hydrogen) atoms. The molecule has 4 nitrogen and oxygen atoms in total. The van der Waals surface area contributed by atoms with E-state index in [2.05, 4.69) is 63.5 Å². The van der Waals surface area contributed by atoms with E-state index in [9.17, 15) is 0 Å². The number of nitrogens with zero attached hydrogens (tertiary/aromatic N) is 1. The number of aliphatic hydroxyl groups excluding tert-OH is 1. The van der Waals surface area contributed by atoms with Gasteiger partial charge in [0.25, 0.3) is 0 Å². The molecule has 0 heterocycles. The van der Waals surface area contributed by atoms with E-state index < -0.39 is 29.6 Å². The summed E-state index contributed by atoms with van der Waals surface area (Å²) in [6, 6.07) is 0.